The average Bonchev–Trinajstić information content (AvgIpc) is 3.21. The van der Waals surface area contributed by atoms with Crippen LogP contribution in [0.1, 0.15) is 23.6 Å². The first-order valence-corrected chi connectivity index (χ1v) is 14.4. The number of hydrogen-bond acceptors (Lipinski definition) is 7. The summed E-state index contributed by atoms with van der Waals surface area (Å²) in [5.74, 6) is 0.716. The Kier molecular flexibility index (Phi) is 10.3. The molecule has 0 aromatic heterocycles. The number of carbonyl (C=O) groups is 3. The van der Waals surface area contributed by atoms with Gasteiger partial charge in [-0.2, -0.15) is 0 Å². The monoisotopic (exact) mass is 636 g/mol. The zero-order chi connectivity index (χ0) is 29.4. The molecule has 3 amide bonds. The molecule has 3 aromatic carbocycles. The first-order valence-electron chi connectivity index (χ1n) is 12.8. The highest BCUT2D eigenvalue weighted by molar-refractivity contribution is 9.10. The summed E-state index contributed by atoms with van der Waals surface area (Å²) in [6.45, 7) is 6.20. The van der Waals surface area contributed by atoms with Crippen molar-refractivity contribution >= 4 is 56.5 Å². The van der Waals surface area contributed by atoms with Crippen molar-refractivity contribution in [2.45, 2.75) is 20.0 Å². The summed E-state index contributed by atoms with van der Waals surface area (Å²) in [5, 5.41) is 2.18. The third kappa shape index (κ3) is 7.80. The molecule has 1 aliphatic heterocycles. The number of hydrogen-bond donors (Lipinski definition) is 1. The number of rotatable bonds is 12. The number of allylic oxidation sites excluding steroid dienone is 1. The van der Waals surface area contributed by atoms with Gasteiger partial charge >= 0.3 is 0 Å². The minimum Gasteiger partial charge on any atom is -0.494 e. The first-order chi connectivity index (χ1) is 19.8. The van der Waals surface area contributed by atoms with Crippen LogP contribution < -0.4 is 19.5 Å². The van der Waals surface area contributed by atoms with E-state index in [1.807, 2.05) is 37.3 Å². The second-order valence-electron chi connectivity index (χ2n) is 8.89. The zero-order valence-electron chi connectivity index (χ0n) is 22.6. The van der Waals surface area contributed by atoms with Crippen LogP contribution in [-0.2, 0) is 22.6 Å². The van der Waals surface area contributed by atoms with Gasteiger partial charge in [-0.15, -0.1) is 6.58 Å². The molecule has 1 fully saturated rings. The van der Waals surface area contributed by atoms with Crippen molar-refractivity contribution in [2.75, 3.05) is 25.6 Å². The van der Waals surface area contributed by atoms with Crippen LogP contribution in [0.5, 0.6) is 17.2 Å². The number of nitrogens with zero attached hydrogens (tertiary/aromatic N) is 1. The van der Waals surface area contributed by atoms with E-state index in [0.717, 1.165) is 32.3 Å². The lowest BCUT2D eigenvalue weighted by Crippen LogP contribution is -2.36. The van der Waals surface area contributed by atoms with E-state index in [0.29, 0.717) is 48.1 Å². The third-order valence-electron chi connectivity index (χ3n) is 5.96. The number of ether oxygens (including phenoxy) is 3. The topological polar surface area (TPSA) is 94.2 Å². The van der Waals surface area contributed by atoms with Gasteiger partial charge in [0, 0.05) is 15.7 Å². The van der Waals surface area contributed by atoms with Gasteiger partial charge in [0.25, 0.3) is 11.1 Å². The summed E-state index contributed by atoms with van der Waals surface area (Å²) in [6, 6.07) is 18.3. The van der Waals surface area contributed by atoms with Gasteiger partial charge in [-0.25, -0.2) is 0 Å². The second kappa shape index (κ2) is 14.0. The summed E-state index contributed by atoms with van der Waals surface area (Å²) >= 11 is 4.22. The third-order valence-corrected chi connectivity index (χ3v) is 7.39. The number of benzene rings is 3. The first kappa shape index (κ1) is 30.0. The van der Waals surface area contributed by atoms with Gasteiger partial charge in [0.15, 0.2) is 11.5 Å². The number of methoxy groups -OCH3 is 1. The van der Waals surface area contributed by atoms with Crippen LogP contribution in [0, 0.1) is 0 Å². The van der Waals surface area contributed by atoms with Crippen molar-refractivity contribution in [3.63, 3.8) is 0 Å². The van der Waals surface area contributed by atoms with Gasteiger partial charge in [0.1, 0.15) is 18.9 Å². The SMILES string of the molecule is C=CCc1cc(/C=C2/SC(=O)N(CC(=O)Nc3ccc(OCC)cc3)C2=O)cc(OC)c1OCc1ccc(Br)cc1. The summed E-state index contributed by atoms with van der Waals surface area (Å²) in [6.07, 6.45) is 3.87. The molecule has 1 saturated heterocycles. The normalized spacial score (nSPS) is 13.8. The van der Waals surface area contributed by atoms with Gasteiger partial charge < -0.3 is 19.5 Å². The highest BCUT2D eigenvalue weighted by atomic mass is 79.9. The minimum atomic E-state index is -0.540. The van der Waals surface area contributed by atoms with Crippen LogP contribution in [0.3, 0.4) is 0 Å². The Morgan fingerprint density at radius 2 is 1.80 bits per heavy atom. The molecule has 10 heteroatoms. The Morgan fingerprint density at radius 1 is 1.07 bits per heavy atom. The van der Waals surface area contributed by atoms with E-state index in [4.69, 9.17) is 14.2 Å². The lowest BCUT2D eigenvalue weighted by Gasteiger charge is -2.16. The highest BCUT2D eigenvalue weighted by Crippen LogP contribution is 2.37. The van der Waals surface area contributed by atoms with E-state index in [2.05, 4.69) is 27.8 Å². The summed E-state index contributed by atoms with van der Waals surface area (Å²) < 4.78 is 18.1. The van der Waals surface area contributed by atoms with Crippen molar-refractivity contribution in [1.29, 1.82) is 0 Å². The van der Waals surface area contributed by atoms with Crippen molar-refractivity contribution in [2.24, 2.45) is 0 Å². The fourth-order valence-corrected chi connectivity index (χ4v) is 5.16. The number of imide groups is 1. The van der Waals surface area contributed by atoms with Crippen LogP contribution in [0.2, 0.25) is 0 Å². The summed E-state index contributed by atoms with van der Waals surface area (Å²) in [4.78, 5) is 39.5. The summed E-state index contributed by atoms with van der Waals surface area (Å²) in [5.41, 5.74) is 2.99. The number of thioether (sulfide) groups is 1. The van der Waals surface area contributed by atoms with Gasteiger partial charge in [-0.1, -0.05) is 34.1 Å². The predicted molar refractivity (Wildman–Crippen MR) is 164 cm³/mol. The molecule has 8 nitrogen and oxygen atoms in total. The number of anilines is 1. The maximum Gasteiger partial charge on any atom is 0.294 e. The van der Waals surface area contributed by atoms with Crippen LogP contribution in [0.15, 0.2) is 82.7 Å². The number of carbonyl (C=O) groups excluding carboxylic acids is 3. The molecule has 0 aliphatic carbocycles. The Morgan fingerprint density at radius 3 is 2.46 bits per heavy atom. The smallest absolute Gasteiger partial charge is 0.294 e. The molecule has 0 bridgehead atoms. The molecular formula is C31H29BrN2O6S. The van der Waals surface area contributed by atoms with E-state index in [1.165, 1.54) is 0 Å². The molecule has 3 aromatic rings. The van der Waals surface area contributed by atoms with Crippen molar-refractivity contribution in [3.8, 4) is 17.2 Å². The zero-order valence-corrected chi connectivity index (χ0v) is 25.0. The molecule has 1 heterocycles. The minimum absolute atomic E-state index is 0.207. The molecule has 0 spiro atoms. The molecule has 0 saturated carbocycles. The molecule has 0 radical (unpaired) electrons. The molecule has 1 aliphatic rings. The Hall–Kier alpha value is -4.02. The van der Waals surface area contributed by atoms with Gasteiger partial charge in [0.2, 0.25) is 5.91 Å². The molecule has 41 heavy (non-hydrogen) atoms. The van der Waals surface area contributed by atoms with Gasteiger partial charge in [-0.3, -0.25) is 19.3 Å². The lowest BCUT2D eigenvalue weighted by atomic mass is 10.0. The van der Waals surface area contributed by atoms with Crippen LogP contribution in [-0.4, -0.2) is 42.2 Å². The number of nitrogens with one attached hydrogen (secondary N) is 1. The highest BCUT2D eigenvalue weighted by Gasteiger charge is 2.36. The van der Waals surface area contributed by atoms with E-state index in [9.17, 15) is 14.4 Å². The molecule has 0 atom stereocenters. The maximum atomic E-state index is 13.1. The quantitative estimate of drug-likeness (QED) is 0.172. The van der Waals surface area contributed by atoms with Crippen molar-refractivity contribution in [3.05, 3.63) is 99.4 Å². The Bertz CT molecular complexity index is 1470. The van der Waals surface area contributed by atoms with Gasteiger partial charge in [0.05, 0.1) is 18.6 Å². The largest absolute Gasteiger partial charge is 0.494 e. The molecule has 1 N–H and O–H groups in total. The Labute approximate surface area is 251 Å². The molecule has 212 valence electrons. The fourth-order valence-electron chi connectivity index (χ4n) is 4.06. The van der Waals surface area contributed by atoms with E-state index >= 15 is 0 Å². The molecule has 4 rings (SSSR count). The van der Waals surface area contributed by atoms with Gasteiger partial charge in [-0.05, 0) is 90.8 Å². The second-order valence-corrected chi connectivity index (χ2v) is 10.8. The van der Waals surface area contributed by atoms with Crippen molar-refractivity contribution in [1.82, 2.24) is 4.90 Å². The number of halogens is 1. The molecule has 0 unspecified atom stereocenters. The Balaban J connectivity index is 1.48. The lowest BCUT2D eigenvalue weighted by molar-refractivity contribution is -0.127. The van der Waals surface area contributed by atoms with Crippen molar-refractivity contribution < 1.29 is 28.6 Å². The van der Waals surface area contributed by atoms with E-state index in [1.54, 1.807) is 49.6 Å². The van der Waals surface area contributed by atoms with Crippen LogP contribution in [0.25, 0.3) is 6.08 Å². The van der Waals surface area contributed by atoms with Crippen LogP contribution in [0.4, 0.5) is 10.5 Å². The fraction of sp³-hybridized carbons (Fsp3) is 0.194. The van der Waals surface area contributed by atoms with Crippen LogP contribution >= 0.6 is 27.7 Å². The van der Waals surface area contributed by atoms with E-state index < -0.39 is 23.6 Å². The molecular weight excluding hydrogens is 608 g/mol. The average molecular weight is 638 g/mol. The predicted octanol–water partition coefficient (Wildman–Crippen LogP) is 6.84. The standard InChI is InChI=1S/C31H29BrN2O6S/c1-4-6-22-15-21(16-26(38-3)29(22)40-19-20-7-9-23(32)10-8-20)17-27-30(36)34(31(37)41-27)18-28(35)33-24-11-13-25(14-12-24)39-5-2/h4,7-17H,1,5-6,18-19H2,2-3H3,(H,33,35)/b27-17+. The number of amides is 3. The summed E-state index contributed by atoms with van der Waals surface area (Å²) in [7, 11) is 1.54. The van der Waals surface area contributed by atoms with E-state index in [-0.39, 0.29) is 4.91 Å². The maximum absolute atomic E-state index is 13.1.